The van der Waals surface area contributed by atoms with E-state index >= 15 is 0 Å². The maximum Gasteiger partial charge on any atom is 0.125 e. The lowest BCUT2D eigenvalue weighted by molar-refractivity contribution is 0.407. The number of halogens is 1. The fourth-order valence-electron chi connectivity index (χ4n) is 3.29. The number of hydrogen-bond acceptors (Lipinski definition) is 4. The number of aliphatic imine (C=N–C) groups is 1. The highest BCUT2D eigenvalue weighted by molar-refractivity contribution is 6.67. The van der Waals surface area contributed by atoms with Crippen molar-refractivity contribution in [3.8, 4) is 0 Å². The Hall–Kier alpha value is -1.72. The molecule has 5 N–H and O–H groups in total. The van der Waals surface area contributed by atoms with E-state index in [9.17, 15) is 0 Å². The van der Waals surface area contributed by atoms with Crippen LogP contribution in [0.2, 0.25) is 0 Å². The first-order valence-corrected chi connectivity index (χ1v) is 9.28. The molecule has 0 aliphatic carbocycles. The SMILES string of the molecule is CC(C)(C)NCc1cccc(CC2(N)c3ccccc3N=C(Cl)C2N)c1. The van der Waals surface area contributed by atoms with Gasteiger partial charge in [0, 0.05) is 12.1 Å². The number of fused-ring (bicyclic) bond motifs is 1. The van der Waals surface area contributed by atoms with Crippen molar-refractivity contribution in [2.75, 3.05) is 0 Å². The van der Waals surface area contributed by atoms with Crippen LogP contribution in [0, 0.1) is 0 Å². The number of nitrogens with two attached hydrogens (primary N) is 2. The molecule has 2 aromatic rings. The number of nitrogens with zero attached hydrogens (tertiary/aromatic N) is 1. The van der Waals surface area contributed by atoms with Crippen LogP contribution >= 0.6 is 11.6 Å². The quantitative estimate of drug-likeness (QED) is 0.769. The minimum Gasteiger partial charge on any atom is -0.320 e. The zero-order valence-electron chi connectivity index (χ0n) is 15.6. The first kappa shape index (κ1) is 19.1. The fraction of sp³-hybridized carbons (Fsp3) is 0.381. The molecular weight excluding hydrogens is 344 g/mol. The van der Waals surface area contributed by atoms with Gasteiger partial charge in [-0.25, -0.2) is 4.99 Å². The second-order valence-corrected chi connectivity index (χ2v) is 8.46. The molecule has 0 saturated heterocycles. The van der Waals surface area contributed by atoms with Gasteiger partial charge in [-0.1, -0.05) is 54.1 Å². The maximum absolute atomic E-state index is 6.82. The van der Waals surface area contributed by atoms with Crippen molar-refractivity contribution in [2.45, 2.75) is 50.9 Å². The highest BCUT2D eigenvalue weighted by atomic mass is 35.5. The second kappa shape index (κ2) is 7.12. The zero-order valence-corrected chi connectivity index (χ0v) is 16.3. The van der Waals surface area contributed by atoms with Crippen molar-refractivity contribution >= 4 is 22.5 Å². The molecule has 3 rings (SSSR count). The molecule has 0 saturated carbocycles. The average Bonchev–Trinajstić information content (AvgIpc) is 2.58. The molecular formula is C21H27ClN4. The van der Waals surface area contributed by atoms with E-state index in [-0.39, 0.29) is 5.54 Å². The molecule has 0 amide bonds. The van der Waals surface area contributed by atoms with E-state index in [1.807, 2.05) is 24.3 Å². The summed E-state index contributed by atoms with van der Waals surface area (Å²) in [5, 5.41) is 3.87. The summed E-state index contributed by atoms with van der Waals surface area (Å²) in [7, 11) is 0. The molecule has 2 atom stereocenters. The lowest BCUT2D eigenvalue weighted by atomic mass is 9.77. The third-order valence-corrected chi connectivity index (χ3v) is 5.07. The molecule has 1 aliphatic rings. The van der Waals surface area contributed by atoms with Crippen molar-refractivity contribution < 1.29 is 0 Å². The molecule has 0 fully saturated rings. The number of hydrogen-bond donors (Lipinski definition) is 3. The summed E-state index contributed by atoms with van der Waals surface area (Å²) in [6, 6.07) is 15.7. The molecule has 26 heavy (non-hydrogen) atoms. The van der Waals surface area contributed by atoms with Crippen molar-refractivity contribution in [3.05, 3.63) is 65.2 Å². The topological polar surface area (TPSA) is 76.4 Å². The van der Waals surface area contributed by atoms with E-state index < -0.39 is 11.6 Å². The maximum atomic E-state index is 6.82. The van der Waals surface area contributed by atoms with E-state index in [1.54, 1.807) is 0 Å². The van der Waals surface area contributed by atoms with Gasteiger partial charge in [-0.15, -0.1) is 0 Å². The average molecular weight is 371 g/mol. The first-order chi connectivity index (χ1) is 12.2. The van der Waals surface area contributed by atoms with E-state index in [0.717, 1.165) is 23.4 Å². The molecule has 0 spiro atoms. The number of para-hydroxylation sites is 1. The van der Waals surface area contributed by atoms with Gasteiger partial charge in [0.2, 0.25) is 0 Å². The van der Waals surface area contributed by atoms with Crippen LogP contribution in [0.5, 0.6) is 0 Å². The Labute approximate surface area is 160 Å². The highest BCUT2D eigenvalue weighted by Crippen LogP contribution is 2.38. The van der Waals surface area contributed by atoms with Gasteiger partial charge in [0.05, 0.1) is 17.3 Å². The van der Waals surface area contributed by atoms with Gasteiger partial charge in [0.25, 0.3) is 0 Å². The van der Waals surface area contributed by atoms with Gasteiger partial charge in [0.1, 0.15) is 5.17 Å². The predicted molar refractivity (Wildman–Crippen MR) is 110 cm³/mol. The molecule has 2 unspecified atom stereocenters. The fourth-order valence-corrected chi connectivity index (χ4v) is 3.57. The molecule has 5 heteroatoms. The van der Waals surface area contributed by atoms with Gasteiger partial charge < -0.3 is 16.8 Å². The van der Waals surface area contributed by atoms with Crippen molar-refractivity contribution in [2.24, 2.45) is 16.5 Å². The summed E-state index contributed by atoms with van der Waals surface area (Å²) in [6.07, 6.45) is 0.597. The lowest BCUT2D eigenvalue weighted by Crippen LogP contribution is -2.58. The summed E-state index contributed by atoms with van der Waals surface area (Å²) in [5.74, 6) is 0. The lowest BCUT2D eigenvalue weighted by Gasteiger charge is -2.39. The molecule has 0 aromatic heterocycles. The van der Waals surface area contributed by atoms with E-state index in [2.05, 4.69) is 55.3 Å². The van der Waals surface area contributed by atoms with Gasteiger partial charge in [0.15, 0.2) is 0 Å². The van der Waals surface area contributed by atoms with Gasteiger partial charge in [-0.3, -0.25) is 0 Å². The molecule has 0 bridgehead atoms. The zero-order chi connectivity index (χ0) is 18.9. The van der Waals surface area contributed by atoms with E-state index in [4.69, 9.17) is 23.1 Å². The standard InChI is InChI=1S/C21H27ClN4/c1-20(2,3)25-13-15-8-6-7-14(11-15)12-21(24)16-9-4-5-10-17(16)26-19(22)18(21)23/h4-11,18,25H,12-13,23-24H2,1-3H3. The van der Waals surface area contributed by atoms with Crippen LogP contribution in [-0.2, 0) is 18.5 Å². The summed E-state index contributed by atoms with van der Waals surface area (Å²) < 4.78 is 0. The van der Waals surface area contributed by atoms with Crippen LogP contribution in [0.25, 0.3) is 0 Å². The third-order valence-electron chi connectivity index (χ3n) is 4.76. The van der Waals surface area contributed by atoms with Gasteiger partial charge in [-0.2, -0.15) is 0 Å². The number of benzene rings is 2. The predicted octanol–water partition coefficient (Wildman–Crippen LogP) is 3.58. The van der Waals surface area contributed by atoms with Gasteiger partial charge in [-0.05, 0) is 49.9 Å². The summed E-state index contributed by atoms with van der Waals surface area (Å²) in [6.45, 7) is 7.28. The monoisotopic (exact) mass is 370 g/mol. The van der Waals surface area contributed by atoms with Crippen LogP contribution in [0.15, 0.2) is 53.5 Å². The molecule has 1 aliphatic heterocycles. The summed E-state index contributed by atoms with van der Waals surface area (Å²) in [5.41, 5.74) is 16.6. The van der Waals surface area contributed by atoms with Crippen molar-refractivity contribution in [3.63, 3.8) is 0 Å². The Morgan fingerprint density at radius 3 is 2.54 bits per heavy atom. The van der Waals surface area contributed by atoms with Crippen molar-refractivity contribution in [1.82, 2.24) is 5.32 Å². The van der Waals surface area contributed by atoms with Crippen LogP contribution in [0.1, 0.15) is 37.5 Å². The first-order valence-electron chi connectivity index (χ1n) is 8.90. The van der Waals surface area contributed by atoms with E-state index in [0.29, 0.717) is 11.6 Å². The Morgan fingerprint density at radius 1 is 1.12 bits per heavy atom. The van der Waals surface area contributed by atoms with Crippen LogP contribution in [0.3, 0.4) is 0 Å². The highest BCUT2D eigenvalue weighted by Gasteiger charge is 2.41. The number of nitrogens with one attached hydrogen (secondary N) is 1. The number of rotatable bonds is 4. The minimum absolute atomic E-state index is 0.0692. The minimum atomic E-state index is -0.786. The molecule has 0 radical (unpaired) electrons. The normalized spacial score (nSPS) is 22.7. The Kier molecular flexibility index (Phi) is 5.22. The van der Waals surface area contributed by atoms with Crippen molar-refractivity contribution in [1.29, 1.82) is 0 Å². The van der Waals surface area contributed by atoms with Crippen LogP contribution in [-0.4, -0.2) is 16.8 Å². The molecule has 138 valence electrons. The Bertz CT molecular complexity index is 825. The third kappa shape index (κ3) is 3.99. The van der Waals surface area contributed by atoms with E-state index in [1.165, 1.54) is 5.56 Å². The van der Waals surface area contributed by atoms with Crippen LogP contribution in [0.4, 0.5) is 5.69 Å². The Morgan fingerprint density at radius 2 is 1.81 bits per heavy atom. The Balaban J connectivity index is 1.89. The second-order valence-electron chi connectivity index (χ2n) is 8.07. The largest absolute Gasteiger partial charge is 0.320 e. The summed E-state index contributed by atoms with van der Waals surface area (Å²) in [4.78, 5) is 4.41. The molecule has 4 nitrogen and oxygen atoms in total. The molecule has 2 aromatic carbocycles. The van der Waals surface area contributed by atoms with Gasteiger partial charge >= 0.3 is 0 Å². The molecule has 1 heterocycles. The smallest absolute Gasteiger partial charge is 0.125 e. The van der Waals surface area contributed by atoms with Crippen LogP contribution < -0.4 is 16.8 Å². The summed E-state index contributed by atoms with van der Waals surface area (Å²) >= 11 is 6.31.